The van der Waals surface area contributed by atoms with Gasteiger partial charge in [-0.3, -0.25) is 0 Å². The van der Waals surface area contributed by atoms with Gasteiger partial charge in [-0.1, -0.05) is 9.13 Å². The summed E-state index contributed by atoms with van der Waals surface area (Å²) in [4.78, 5) is 19.7. The van der Waals surface area contributed by atoms with Gasteiger partial charge < -0.3 is 20.6 Å². The molecule has 0 saturated carbocycles. The van der Waals surface area contributed by atoms with Gasteiger partial charge in [0.2, 0.25) is 0 Å². The summed E-state index contributed by atoms with van der Waals surface area (Å²) in [5.74, 6) is 0. The van der Waals surface area contributed by atoms with E-state index in [1.807, 2.05) is 0 Å². The van der Waals surface area contributed by atoms with Crippen molar-refractivity contribution in [3.05, 3.63) is 0 Å². The molecule has 0 bridgehead atoms. The van der Waals surface area contributed by atoms with Crippen LogP contribution in [-0.2, 0) is 9.13 Å². The first-order valence-electron chi connectivity index (χ1n) is 4.03. The smallest absolute Gasteiger partial charge is 0.367 e. The van der Waals surface area contributed by atoms with Gasteiger partial charge in [0, 0.05) is 13.3 Å². The molecule has 8 heteroatoms. The van der Waals surface area contributed by atoms with Crippen LogP contribution in [0.15, 0.2) is 0 Å². The van der Waals surface area contributed by atoms with E-state index < -0.39 is 27.2 Å². The third kappa shape index (κ3) is 4.05. The Morgan fingerprint density at radius 3 is 2.14 bits per heavy atom. The van der Waals surface area contributed by atoms with Crippen LogP contribution >= 0.6 is 16.1 Å². The fourth-order valence-corrected chi connectivity index (χ4v) is 2.11. The molecule has 14 heavy (non-hydrogen) atoms. The van der Waals surface area contributed by atoms with Crippen LogP contribution in [0.4, 0.5) is 0 Å². The number of rotatable bonds is 6. The third-order valence-electron chi connectivity index (χ3n) is 1.94. The van der Waals surface area contributed by atoms with Crippen LogP contribution in [0.5, 0.6) is 0 Å². The molecule has 0 radical (unpaired) electrons. The van der Waals surface area contributed by atoms with Crippen LogP contribution in [0.25, 0.3) is 0 Å². The van der Waals surface area contributed by atoms with Crippen molar-refractivity contribution in [2.75, 3.05) is 0 Å². The van der Waals surface area contributed by atoms with Crippen molar-refractivity contribution in [3.63, 3.8) is 0 Å². The Morgan fingerprint density at radius 1 is 1.43 bits per heavy atom. The molecule has 0 fully saturated rings. The zero-order valence-electron chi connectivity index (χ0n) is 7.75. The SMILES string of the molecule is CC(CCCC(N)O)([P+](=O)[O-])[P+](=O)[O-]. The van der Waals surface area contributed by atoms with E-state index in [9.17, 15) is 18.9 Å². The second kappa shape index (κ2) is 5.81. The van der Waals surface area contributed by atoms with E-state index in [4.69, 9.17) is 10.8 Å². The predicted molar refractivity (Wildman–Crippen MR) is 47.7 cm³/mol. The zero-order valence-corrected chi connectivity index (χ0v) is 9.54. The average Bonchev–Trinajstić information content (AvgIpc) is 2.02. The van der Waals surface area contributed by atoms with Crippen LogP contribution in [0, 0.1) is 0 Å². The lowest BCUT2D eigenvalue weighted by atomic mass is 10.2. The van der Waals surface area contributed by atoms with Crippen molar-refractivity contribution < 1.29 is 24.0 Å². The molecule has 82 valence electrons. The first-order valence-corrected chi connectivity index (χ1v) is 6.39. The van der Waals surface area contributed by atoms with Crippen LogP contribution in [0.3, 0.4) is 0 Å². The van der Waals surface area contributed by atoms with Crippen LogP contribution in [0.1, 0.15) is 26.2 Å². The van der Waals surface area contributed by atoms with E-state index in [1.165, 1.54) is 0 Å². The number of nitrogens with two attached hydrogens (primary N) is 1. The summed E-state index contributed by atoms with van der Waals surface area (Å²) in [6.07, 6.45) is -0.644. The van der Waals surface area contributed by atoms with Gasteiger partial charge in [0.1, 0.15) is 6.23 Å². The lowest BCUT2D eigenvalue weighted by Crippen LogP contribution is -2.25. The highest BCUT2D eigenvalue weighted by molar-refractivity contribution is 7.58. The quantitative estimate of drug-likeness (QED) is 0.470. The van der Waals surface area contributed by atoms with Crippen molar-refractivity contribution in [3.8, 4) is 0 Å². The van der Waals surface area contributed by atoms with Gasteiger partial charge in [0.25, 0.3) is 0 Å². The second-order valence-electron chi connectivity index (χ2n) is 3.19. The standard InChI is InChI=1S/C6H13NO5P2/c1-6(13(9)10,14(11)12)4-2-3-5(7)8/h5,8H,2-4,7H2,1H3. The molecule has 0 aromatic carbocycles. The lowest BCUT2D eigenvalue weighted by Gasteiger charge is -2.12. The molecule has 0 saturated heterocycles. The highest BCUT2D eigenvalue weighted by atomic mass is 31.2. The minimum Gasteiger partial charge on any atom is -0.592 e. The number of aliphatic hydroxyl groups excluding tert-OH is 1. The minimum atomic E-state index is -3.03. The molecule has 3 atom stereocenters. The van der Waals surface area contributed by atoms with E-state index in [0.717, 1.165) is 6.92 Å². The Kier molecular flexibility index (Phi) is 5.83. The molecule has 3 unspecified atom stereocenters. The Hall–Kier alpha value is 0.0400. The Labute approximate surface area is 83.9 Å². The van der Waals surface area contributed by atoms with Crippen LogP contribution < -0.4 is 15.5 Å². The minimum absolute atomic E-state index is 0.0430. The summed E-state index contributed by atoms with van der Waals surface area (Å²) in [7, 11) is -6.07. The molecule has 0 amide bonds. The lowest BCUT2D eigenvalue weighted by molar-refractivity contribution is -0.178. The summed E-state index contributed by atoms with van der Waals surface area (Å²) in [6.45, 7) is 1.15. The van der Waals surface area contributed by atoms with Gasteiger partial charge in [-0.2, -0.15) is 0 Å². The monoisotopic (exact) mass is 241 g/mol. The van der Waals surface area contributed by atoms with Gasteiger partial charge in [0.15, 0.2) is 0 Å². The van der Waals surface area contributed by atoms with Crippen LogP contribution in [0.2, 0.25) is 0 Å². The molecule has 0 heterocycles. The van der Waals surface area contributed by atoms with Crippen molar-refractivity contribution >= 4 is 16.1 Å². The first kappa shape index (κ1) is 14.0. The molecule has 0 aromatic heterocycles. The fourth-order valence-electron chi connectivity index (χ4n) is 0.895. The molecule has 3 N–H and O–H groups in total. The molecular formula is C6H13NO5P2. The molecule has 0 rings (SSSR count). The maximum atomic E-state index is 10.7. The third-order valence-corrected chi connectivity index (χ3v) is 4.94. The van der Waals surface area contributed by atoms with Crippen molar-refractivity contribution in [2.24, 2.45) is 5.73 Å². The van der Waals surface area contributed by atoms with E-state index >= 15 is 0 Å². The summed E-state index contributed by atoms with van der Waals surface area (Å²) in [6, 6.07) is 0. The number of hydrogen-bond acceptors (Lipinski definition) is 6. The molecule has 0 aliphatic carbocycles. The highest BCUT2D eigenvalue weighted by Crippen LogP contribution is 2.50. The maximum absolute atomic E-state index is 10.7. The first-order chi connectivity index (χ1) is 6.30. The molecule has 0 aliphatic rings. The van der Waals surface area contributed by atoms with Gasteiger partial charge >= 0.3 is 21.0 Å². The van der Waals surface area contributed by atoms with E-state index in [0.29, 0.717) is 0 Å². The van der Waals surface area contributed by atoms with E-state index in [-0.39, 0.29) is 19.3 Å². The summed E-state index contributed by atoms with van der Waals surface area (Å²) in [5.41, 5.74) is 5.03. The maximum Gasteiger partial charge on any atom is 0.367 e. The Bertz CT molecular complexity index is 218. The normalized spacial score (nSPS) is 19.8. The van der Waals surface area contributed by atoms with Crippen molar-refractivity contribution in [1.82, 2.24) is 0 Å². The molecule has 0 spiro atoms. The van der Waals surface area contributed by atoms with Crippen molar-refractivity contribution in [2.45, 2.75) is 37.3 Å². The Balaban J connectivity index is 4.26. The Morgan fingerprint density at radius 2 is 1.86 bits per heavy atom. The number of hydrogen-bond donors (Lipinski definition) is 2. The molecule has 6 nitrogen and oxygen atoms in total. The van der Waals surface area contributed by atoms with Gasteiger partial charge in [0.05, 0.1) is 0 Å². The zero-order chi connectivity index (χ0) is 11.4. The number of aliphatic hydroxyl groups is 1. The van der Waals surface area contributed by atoms with E-state index in [2.05, 4.69) is 0 Å². The second-order valence-corrected chi connectivity index (χ2v) is 6.55. The van der Waals surface area contributed by atoms with Crippen molar-refractivity contribution in [1.29, 1.82) is 0 Å². The summed E-state index contributed by atoms with van der Waals surface area (Å²) >= 11 is 0. The highest BCUT2D eigenvalue weighted by Gasteiger charge is 2.50. The summed E-state index contributed by atoms with van der Waals surface area (Å²) < 4.78 is 21.4. The summed E-state index contributed by atoms with van der Waals surface area (Å²) in [5, 5.41) is 8.70. The predicted octanol–water partition coefficient (Wildman–Crippen LogP) is -0.645. The molecule has 0 aromatic rings. The van der Waals surface area contributed by atoms with Gasteiger partial charge in [-0.15, -0.1) is 0 Å². The molecule has 0 aliphatic heterocycles. The van der Waals surface area contributed by atoms with Gasteiger partial charge in [-0.25, -0.2) is 0 Å². The fraction of sp³-hybridized carbons (Fsp3) is 1.00. The van der Waals surface area contributed by atoms with Gasteiger partial charge in [-0.05, 0) is 12.8 Å². The topological polar surface area (TPSA) is 127 Å². The largest absolute Gasteiger partial charge is 0.592 e. The van der Waals surface area contributed by atoms with Crippen LogP contribution in [-0.4, -0.2) is 16.2 Å². The molecular weight excluding hydrogens is 228 g/mol. The average molecular weight is 241 g/mol. The van der Waals surface area contributed by atoms with E-state index in [1.54, 1.807) is 0 Å².